The Kier molecular flexibility index (Phi) is 5.10. The lowest BCUT2D eigenvalue weighted by Gasteiger charge is -2.09. The zero-order valence-electron chi connectivity index (χ0n) is 16.8. The lowest BCUT2D eigenvalue weighted by atomic mass is 10.1. The molecular weight excluding hydrogens is 384 g/mol. The van der Waals surface area contributed by atoms with Gasteiger partial charge in [0.1, 0.15) is 17.9 Å². The molecule has 4 aromatic rings. The van der Waals surface area contributed by atoms with Gasteiger partial charge in [-0.15, -0.1) is 0 Å². The molecule has 7 heteroatoms. The fourth-order valence-electron chi connectivity index (χ4n) is 3.31. The molecule has 30 heavy (non-hydrogen) atoms. The summed E-state index contributed by atoms with van der Waals surface area (Å²) < 4.78 is 17.6. The number of benzene rings is 2. The predicted octanol–water partition coefficient (Wildman–Crippen LogP) is 3.96. The van der Waals surface area contributed by atoms with Crippen LogP contribution in [0.5, 0.6) is 5.75 Å². The Hall–Kier alpha value is -3.87. The van der Waals surface area contributed by atoms with E-state index in [1.165, 1.54) is 13.2 Å². The predicted molar refractivity (Wildman–Crippen MR) is 111 cm³/mol. The summed E-state index contributed by atoms with van der Waals surface area (Å²) in [5.41, 5.74) is 3.63. The summed E-state index contributed by atoms with van der Waals surface area (Å²) in [4.78, 5) is 24.4. The zero-order chi connectivity index (χ0) is 21.3. The molecular formula is C23H20N2O5. The number of rotatable bonds is 5. The molecule has 0 aliphatic rings. The van der Waals surface area contributed by atoms with Gasteiger partial charge in [-0.2, -0.15) is 5.10 Å². The molecule has 0 fully saturated rings. The lowest BCUT2D eigenvalue weighted by Crippen LogP contribution is -2.08. The van der Waals surface area contributed by atoms with Crippen LogP contribution in [0.1, 0.15) is 27.3 Å². The third-order valence-electron chi connectivity index (χ3n) is 4.75. The Labute approximate surface area is 172 Å². The summed E-state index contributed by atoms with van der Waals surface area (Å²) in [6, 6.07) is 15.5. The van der Waals surface area contributed by atoms with Gasteiger partial charge in [0.05, 0.1) is 24.1 Å². The van der Waals surface area contributed by atoms with Crippen LogP contribution in [-0.2, 0) is 11.3 Å². The smallest absolute Gasteiger partial charge is 0.338 e. The highest BCUT2D eigenvalue weighted by Crippen LogP contribution is 2.23. The van der Waals surface area contributed by atoms with Crippen molar-refractivity contribution in [2.45, 2.75) is 20.5 Å². The van der Waals surface area contributed by atoms with Crippen LogP contribution < -0.4 is 10.4 Å². The van der Waals surface area contributed by atoms with Crippen molar-refractivity contribution in [3.05, 3.63) is 87.5 Å². The molecule has 0 saturated heterocycles. The summed E-state index contributed by atoms with van der Waals surface area (Å²) in [7, 11) is 1.53. The number of aromatic nitrogens is 2. The van der Waals surface area contributed by atoms with Crippen LogP contribution in [0.3, 0.4) is 0 Å². The molecule has 7 nitrogen and oxygen atoms in total. The van der Waals surface area contributed by atoms with Crippen molar-refractivity contribution in [1.82, 2.24) is 9.78 Å². The van der Waals surface area contributed by atoms with Crippen LogP contribution in [0.15, 0.2) is 63.8 Å². The van der Waals surface area contributed by atoms with Crippen molar-refractivity contribution in [2.75, 3.05) is 7.11 Å². The largest absolute Gasteiger partial charge is 0.497 e. The van der Waals surface area contributed by atoms with E-state index in [-0.39, 0.29) is 6.61 Å². The van der Waals surface area contributed by atoms with Gasteiger partial charge < -0.3 is 13.9 Å². The number of esters is 1. The number of aryl methyl sites for hydroxylation is 2. The molecule has 0 unspecified atom stereocenters. The average Bonchev–Trinajstić information content (AvgIpc) is 3.09. The van der Waals surface area contributed by atoms with Gasteiger partial charge in [0.25, 0.3) is 0 Å². The van der Waals surface area contributed by atoms with E-state index < -0.39 is 11.6 Å². The highest BCUT2D eigenvalue weighted by Gasteiger charge is 2.12. The standard InChI is InChI=1S/C23H20N2O5/c1-14-10-15(2)25(24-14)18-6-4-16(5-7-18)23(27)29-13-17-11-22(26)30-21-12-19(28-3)8-9-20(17)21/h4-12H,13H2,1-3H3. The van der Waals surface area contributed by atoms with Crippen LogP contribution in [0.4, 0.5) is 0 Å². The van der Waals surface area contributed by atoms with E-state index >= 15 is 0 Å². The Balaban J connectivity index is 1.52. The van der Waals surface area contributed by atoms with Crippen LogP contribution in [0.25, 0.3) is 16.7 Å². The molecule has 0 atom stereocenters. The number of ether oxygens (including phenoxy) is 2. The van der Waals surface area contributed by atoms with Crippen LogP contribution in [-0.4, -0.2) is 22.9 Å². The van der Waals surface area contributed by atoms with E-state index in [2.05, 4.69) is 5.10 Å². The average molecular weight is 404 g/mol. The van der Waals surface area contributed by atoms with Crippen molar-refractivity contribution in [2.24, 2.45) is 0 Å². The summed E-state index contributed by atoms with van der Waals surface area (Å²) >= 11 is 0. The number of hydrogen-bond donors (Lipinski definition) is 0. The fraction of sp³-hybridized carbons (Fsp3) is 0.174. The normalized spacial score (nSPS) is 10.9. The van der Waals surface area contributed by atoms with Gasteiger partial charge in [0, 0.05) is 28.8 Å². The Morgan fingerprint density at radius 2 is 1.83 bits per heavy atom. The van der Waals surface area contributed by atoms with Crippen molar-refractivity contribution < 1.29 is 18.7 Å². The molecule has 0 saturated carbocycles. The first kappa shape index (κ1) is 19.4. The molecule has 0 N–H and O–H groups in total. The molecule has 0 radical (unpaired) electrons. The summed E-state index contributed by atoms with van der Waals surface area (Å²) in [6.45, 7) is 3.85. The second kappa shape index (κ2) is 7.87. The number of carbonyl (C=O) groups excluding carboxylic acids is 1. The maximum atomic E-state index is 12.5. The summed E-state index contributed by atoms with van der Waals surface area (Å²) in [6.07, 6.45) is 0. The first-order valence-electron chi connectivity index (χ1n) is 9.36. The van der Waals surface area contributed by atoms with Gasteiger partial charge in [-0.05, 0) is 56.3 Å². The van der Waals surface area contributed by atoms with E-state index in [9.17, 15) is 9.59 Å². The molecule has 0 aliphatic heterocycles. The molecule has 152 valence electrons. The number of methoxy groups -OCH3 is 1. The first-order chi connectivity index (χ1) is 14.4. The second-order valence-corrected chi connectivity index (χ2v) is 6.91. The maximum absolute atomic E-state index is 12.5. The minimum Gasteiger partial charge on any atom is -0.497 e. The van der Waals surface area contributed by atoms with Gasteiger partial charge in [-0.25, -0.2) is 14.3 Å². The lowest BCUT2D eigenvalue weighted by molar-refractivity contribution is 0.0474. The SMILES string of the molecule is COc1ccc2c(COC(=O)c3ccc(-n4nc(C)cc4C)cc3)cc(=O)oc2c1. The molecule has 2 aromatic heterocycles. The highest BCUT2D eigenvalue weighted by molar-refractivity contribution is 5.90. The molecule has 0 spiro atoms. The minimum atomic E-state index is -0.518. The van der Waals surface area contributed by atoms with E-state index in [1.54, 1.807) is 30.3 Å². The van der Waals surface area contributed by atoms with Crippen molar-refractivity contribution in [3.63, 3.8) is 0 Å². The van der Waals surface area contributed by atoms with Crippen LogP contribution >= 0.6 is 0 Å². The van der Waals surface area contributed by atoms with Crippen LogP contribution in [0.2, 0.25) is 0 Å². The van der Waals surface area contributed by atoms with Crippen molar-refractivity contribution >= 4 is 16.9 Å². The van der Waals surface area contributed by atoms with Crippen molar-refractivity contribution in [3.8, 4) is 11.4 Å². The third kappa shape index (κ3) is 3.82. The number of hydrogen-bond acceptors (Lipinski definition) is 6. The quantitative estimate of drug-likeness (QED) is 0.370. The van der Waals surface area contributed by atoms with Gasteiger partial charge in [0.15, 0.2) is 0 Å². The topological polar surface area (TPSA) is 83.6 Å². The van der Waals surface area contributed by atoms with Gasteiger partial charge >= 0.3 is 11.6 Å². The number of nitrogens with zero attached hydrogens (tertiary/aromatic N) is 2. The van der Waals surface area contributed by atoms with Gasteiger partial charge in [-0.3, -0.25) is 0 Å². The van der Waals surface area contributed by atoms with E-state index in [4.69, 9.17) is 13.9 Å². The molecule has 2 heterocycles. The van der Waals surface area contributed by atoms with Gasteiger partial charge in [-0.1, -0.05) is 0 Å². The summed E-state index contributed by atoms with van der Waals surface area (Å²) in [5.74, 6) is 0.0901. The Bertz CT molecular complexity index is 1290. The van der Waals surface area contributed by atoms with E-state index in [0.717, 1.165) is 17.1 Å². The fourth-order valence-corrected chi connectivity index (χ4v) is 3.31. The molecule has 4 rings (SSSR count). The Morgan fingerprint density at radius 3 is 2.50 bits per heavy atom. The first-order valence-corrected chi connectivity index (χ1v) is 9.36. The molecule has 0 amide bonds. The van der Waals surface area contributed by atoms with E-state index in [0.29, 0.717) is 27.8 Å². The minimum absolute atomic E-state index is 0.0491. The number of fused-ring (bicyclic) bond motifs is 1. The summed E-state index contributed by atoms with van der Waals surface area (Å²) in [5, 5.41) is 5.12. The molecule has 0 aliphatic carbocycles. The molecule has 2 aromatic carbocycles. The zero-order valence-corrected chi connectivity index (χ0v) is 16.8. The highest BCUT2D eigenvalue weighted by atomic mass is 16.5. The second-order valence-electron chi connectivity index (χ2n) is 6.91. The van der Waals surface area contributed by atoms with Gasteiger partial charge in [0.2, 0.25) is 0 Å². The third-order valence-corrected chi connectivity index (χ3v) is 4.75. The Morgan fingerprint density at radius 1 is 1.07 bits per heavy atom. The molecule has 0 bridgehead atoms. The van der Waals surface area contributed by atoms with Crippen molar-refractivity contribution in [1.29, 1.82) is 0 Å². The van der Waals surface area contributed by atoms with Crippen LogP contribution in [0, 0.1) is 13.8 Å². The monoisotopic (exact) mass is 404 g/mol. The van der Waals surface area contributed by atoms with E-state index in [1.807, 2.05) is 36.7 Å². The number of carbonyl (C=O) groups is 1. The maximum Gasteiger partial charge on any atom is 0.338 e.